The number of aromatic hydroxyl groups is 4. The summed E-state index contributed by atoms with van der Waals surface area (Å²) in [6.45, 7) is 0. The molecule has 0 amide bonds. The van der Waals surface area contributed by atoms with E-state index in [4.69, 9.17) is 9.47 Å². The second-order valence-corrected chi connectivity index (χ2v) is 18.2. The van der Waals surface area contributed by atoms with Crippen molar-refractivity contribution in [3.63, 3.8) is 0 Å². The molecular weight excluding hydrogens is 925 g/mol. The van der Waals surface area contributed by atoms with Gasteiger partial charge in [-0.2, -0.15) is 38.8 Å². The van der Waals surface area contributed by atoms with Gasteiger partial charge in [-0.05, 0) is 58.1 Å². The zero-order valence-electron chi connectivity index (χ0n) is 31.3. The van der Waals surface area contributed by atoms with Crippen LogP contribution in [-0.4, -0.2) is 91.4 Å². The Morgan fingerprint density at radius 1 is 0.524 bits per heavy atom. The van der Waals surface area contributed by atoms with Gasteiger partial charge in [0.05, 0.1) is 40.5 Å². The van der Waals surface area contributed by atoms with Gasteiger partial charge in [-0.15, -0.1) is 15.3 Å². The highest BCUT2D eigenvalue weighted by molar-refractivity contribution is 7.86. The molecule has 0 saturated heterocycles. The van der Waals surface area contributed by atoms with E-state index >= 15 is 0 Å². The number of phenolic OH excluding ortho intramolecular Hbond substituents is 4. The van der Waals surface area contributed by atoms with Crippen LogP contribution in [0.4, 0.5) is 34.1 Å². The Labute approximate surface area is 353 Å². The van der Waals surface area contributed by atoms with Gasteiger partial charge in [0.1, 0.15) is 49.8 Å². The van der Waals surface area contributed by atoms with Gasteiger partial charge >= 0.3 is 0 Å². The van der Waals surface area contributed by atoms with E-state index < -0.39 is 116 Å². The van der Waals surface area contributed by atoms with Crippen molar-refractivity contribution in [3.8, 4) is 34.5 Å². The maximum Gasteiger partial charge on any atom is 0.296 e. The summed E-state index contributed by atoms with van der Waals surface area (Å²) >= 11 is 0. The molecule has 0 heterocycles. The molecule has 6 rings (SSSR count). The molecule has 0 unspecified atom stereocenters. The molecule has 0 spiro atoms. The van der Waals surface area contributed by atoms with Crippen LogP contribution in [0.15, 0.2) is 118 Å². The average molecular weight is 951 g/mol. The van der Waals surface area contributed by atoms with E-state index in [1.54, 1.807) is 0 Å². The summed E-state index contributed by atoms with van der Waals surface area (Å²) in [5, 5.41) is 73.0. The van der Waals surface area contributed by atoms with Gasteiger partial charge in [-0.1, -0.05) is 0 Å². The minimum atomic E-state index is -5.21. The van der Waals surface area contributed by atoms with Crippen molar-refractivity contribution >= 4 is 96.1 Å². The number of fused-ring (bicyclic) bond motifs is 2. The van der Waals surface area contributed by atoms with Crippen molar-refractivity contribution in [2.45, 2.75) is 19.6 Å². The predicted molar refractivity (Wildman–Crippen MR) is 214 cm³/mol. The molecule has 0 fully saturated rings. The van der Waals surface area contributed by atoms with E-state index in [-0.39, 0.29) is 39.1 Å². The summed E-state index contributed by atoms with van der Waals surface area (Å²) < 4.78 is 145. The highest BCUT2D eigenvalue weighted by Crippen LogP contribution is 2.48. The van der Waals surface area contributed by atoms with Crippen molar-refractivity contribution in [1.82, 2.24) is 0 Å². The lowest BCUT2D eigenvalue weighted by atomic mass is 10.1. The number of phenols is 4. The Bertz CT molecular complexity index is 3490. The molecule has 330 valence electrons. The number of nitrogens with zero attached hydrogens (tertiary/aromatic N) is 6. The minimum Gasteiger partial charge on any atom is -0.594 e. The Kier molecular flexibility index (Phi) is 11.7. The van der Waals surface area contributed by atoms with E-state index in [0.717, 1.165) is 19.2 Å². The Balaban J connectivity index is 1.33. The van der Waals surface area contributed by atoms with E-state index in [0.29, 0.717) is 36.4 Å². The van der Waals surface area contributed by atoms with Crippen molar-refractivity contribution in [2.75, 3.05) is 14.2 Å². The molecule has 0 atom stereocenters. The quantitative estimate of drug-likeness (QED) is 0.0278. The summed E-state index contributed by atoms with van der Waals surface area (Å²) in [6, 6.07) is 10.9. The number of benzene rings is 6. The van der Waals surface area contributed by atoms with Gasteiger partial charge in [-0.3, -0.25) is 18.2 Å². The molecular formula is C34H26N6O19S4. The molecule has 0 saturated carbocycles. The predicted octanol–water partition coefficient (Wildman–Crippen LogP) is 6.58. The first-order valence-electron chi connectivity index (χ1n) is 16.6. The monoisotopic (exact) mass is 950 g/mol. The lowest BCUT2D eigenvalue weighted by Crippen LogP contribution is -2.01. The maximum absolute atomic E-state index is 13.3. The summed E-state index contributed by atoms with van der Waals surface area (Å²) in [5.74, 6) is -4.30. The fourth-order valence-electron chi connectivity index (χ4n) is 5.83. The number of methoxy groups -OCH3 is 2. The summed E-state index contributed by atoms with van der Waals surface area (Å²) in [5.41, 5.74) is -2.44. The smallest absolute Gasteiger partial charge is 0.296 e. The fourth-order valence-corrected chi connectivity index (χ4v) is 8.22. The van der Waals surface area contributed by atoms with E-state index in [1.165, 1.54) is 31.4 Å². The second-order valence-electron chi connectivity index (χ2n) is 12.6. The van der Waals surface area contributed by atoms with Crippen LogP contribution < -0.4 is 9.47 Å². The van der Waals surface area contributed by atoms with Gasteiger partial charge in [0.2, 0.25) is 0 Å². The molecule has 0 radical (unpaired) electrons. The van der Waals surface area contributed by atoms with Crippen LogP contribution >= 0.6 is 0 Å². The van der Waals surface area contributed by atoms with Crippen molar-refractivity contribution in [1.29, 1.82) is 0 Å². The van der Waals surface area contributed by atoms with Crippen LogP contribution in [0.2, 0.25) is 0 Å². The van der Waals surface area contributed by atoms with Gasteiger partial charge in [0.25, 0.3) is 46.2 Å². The lowest BCUT2D eigenvalue weighted by Gasteiger charge is -2.11. The maximum atomic E-state index is 13.3. The zero-order valence-corrected chi connectivity index (χ0v) is 34.6. The largest absolute Gasteiger partial charge is 0.594 e. The summed E-state index contributed by atoms with van der Waals surface area (Å²) in [4.78, 5) is -3.78. The Hall–Kier alpha value is -7.12. The van der Waals surface area contributed by atoms with Gasteiger partial charge in [0, 0.05) is 35.4 Å². The molecule has 0 bridgehead atoms. The second kappa shape index (κ2) is 16.3. The molecule has 0 aliphatic rings. The topological polar surface area (TPSA) is 405 Å². The van der Waals surface area contributed by atoms with Gasteiger partial charge in [-0.25, -0.2) is 0 Å². The van der Waals surface area contributed by atoms with Crippen LogP contribution in [0.5, 0.6) is 34.5 Å². The molecule has 29 heteroatoms. The van der Waals surface area contributed by atoms with Crippen LogP contribution in [0.1, 0.15) is 0 Å². The van der Waals surface area contributed by atoms with Crippen molar-refractivity contribution in [3.05, 3.63) is 78.0 Å². The summed E-state index contributed by atoms with van der Waals surface area (Å²) in [7, 11) is -17.9. The number of azo groups is 3. The molecule has 6 aromatic rings. The zero-order chi connectivity index (χ0) is 46.6. The van der Waals surface area contributed by atoms with Gasteiger partial charge in [0.15, 0.2) is 17.2 Å². The number of ether oxygens (including phenoxy) is 2. The first-order valence-corrected chi connectivity index (χ1v) is 22.3. The molecule has 0 aliphatic carbocycles. The third-order valence-corrected chi connectivity index (χ3v) is 12.0. The van der Waals surface area contributed by atoms with Crippen LogP contribution in [0.25, 0.3) is 21.5 Å². The highest BCUT2D eigenvalue weighted by atomic mass is 32.2. The third kappa shape index (κ3) is 9.24. The Morgan fingerprint density at radius 2 is 0.968 bits per heavy atom. The molecule has 6 aromatic carbocycles. The molecule has 8 N–H and O–H groups in total. The van der Waals surface area contributed by atoms with Crippen LogP contribution in [0, 0.1) is 5.21 Å². The SMILES string of the molecule is COc1cc(N=[N+]([O-])c2ccc(N=Nc3c(S(=O)(=O)O)cc4cc(S(=O)(=O)O)cc(O)c4c3O)cc2OC)ccc1N=Nc1c(S(=O)(=O)O)cc2cc(S(=O)(=O)O)cc(O)c2c1O. The molecule has 0 aromatic heterocycles. The fraction of sp³-hybridized carbons (Fsp3) is 0.0588. The van der Waals surface area contributed by atoms with Crippen molar-refractivity contribution in [2.24, 2.45) is 25.6 Å². The molecule has 0 aliphatic heterocycles. The number of hydrogen-bond acceptors (Lipinski definition) is 20. The summed E-state index contributed by atoms with van der Waals surface area (Å²) in [6.07, 6.45) is 0. The average Bonchev–Trinajstić information content (AvgIpc) is 3.18. The molecule has 25 nitrogen and oxygen atoms in total. The standard InChI is InChI=1S/C34H26N6O19S4/c1-58-25-12-18(3-5-21(25)36-38-32-28(63(55,56)57)10-16-8-20(61(49,50)51)14-24(42)30(16)34(32)44)39-40(45)22-6-4-17(11-26(22)59-2)35-37-31-27(62(52,53)54)9-15-7-19(60(46,47)48)13-23(41)29(15)33(31)43/h3-14,41-44H,1-2H3,(H,46,47,48)(H,49,50,51)(H,52,53,54)(H,55,56,57). The third-order valence-electron chi connectivity index (χ3n) is 8.62. The van der Waals surface area contributed by atoms with Crippen LogP contribution in [-0.2, 0) is 40.5 Å². The minimum absolute atomic E-state index is 0.0881. The van der Waals surface area contributed by atoms with E-state index in [1.807, 2.05) is 0 Å². The number of hydrogen-bond donors (Lipinski definition) is 8. The number of rotatable bonds is 12. The highest BCUT2D eigenvalue weighted by Gasteiger charge is 2.27. The Morgan fingerprint density at radius 3 is 1.41 bits per heavy atom. The van der Waals surface area contributed by atoms with Gasteiger partial charge < -0.3 is 35.1 Å². The van der Waals surface area contributed by atoms with E-state index in [9.17, 15) is 77.5 Å². The lowest BCUT2D eigenvalue weighted by molar-refractivity contribution is -0.436. The first kappa shape index (κ1) is 45.4. The first-order chi connectivity index (χ1) is 29.2. The van der Waals surface area contributed by atoms with Crippen molar-refractivity contribution < 1.29 is 86.6 Å². The normalized spacial score (nSPS) is 13.1. The molecule has 63 heavy (non-hydrogen) atoms. The van der Waals surface area contributed by atoms with E-state index in [2.05, 4.69) is 25.6 Å². The van der Waals surface area contributed by atoms with Crippen LogP contribution in [0.3, 0.4) is 0 Å².